The quantitative estimate of drug-likeness (QED) is 0.189. The normalized spacial score (nSPS) is 27.5. The third-order valence-corrected chi connectivity index (χ3v) is 7.79. The molecule has 0 amide bonds. The van der Waals surface area contributed by atoms with Crippen LogP contribution in [0, 0.1) is 0 Å². The second-order valence-electron chi connectivity index (χ2n) is 11.3. The highest BCUT2D eigenvalue weighted by atomic mass is 16.7. The average Bonchev–Trinajstić information content (AvgIpc) is 3.02. The van der Waals surface area contributed by atoms with E-state index in [1.807, 2.05) is 60.7 Å². The predicted molar refractivity (Wildman–Crippen MR) is 158 cm³/mol. The molecule has 0 aromatic heterocycles. The first-order valence-corrected chi connectivity index (χ1v) is 15.2. The lowest BCUT2D eigenvalue weighted by molar-refractivity contribution is -0.230. The highest BCUT2D eigenvalue weighted by Gasteiger charge is 2.34. The monoisotopic (exact) mass is 604 g/mol. The number of rotatable bonds is 18. The molecule has 43 heavy (non-hydrogen) atoms. The Morgan fingerprint density at radius 3 is 1.47 bits per heavy atom. The zero-order chi connectivity index (χ0) is 30.3. The lowest BCUT2D eigenvalue weighted by Crippen LogP contribution is -2.41. The van der Waals surface area contributed by atoms with Crippen LogP contribution in [0.15, 0.2) is 60.7 Å². The fraction of sp³-hybridized carbons (Fsp3) is 0.636. The van der Waals surface area contributed by atoms with E-state index in [1.165, 1.54) is 0 Å². The van der Waals surface area contributed by atoms with E-state index in [1.54, 1.807) is 14.2 Å². The minimum absolute atomic E-state index is 0.119. The molecule has 2 fully saturated rings. The number of aliphatic hydroxyl groups is 2. The molecule has 0 aliphatic carbocycles. The Morgan fingerprint density at radius 1 is 0.651 bits per heavy atom. The first-order valence-electron chi connectivity index (χ1n) is 15.2. The molecule has 0 spiro atoms. The minimum atomic E-state index is -0.758. The molecule has 10 heteroatoms. The molecule has 2 aliphatic heterocycles. The van der Waals surface area contributed by atoms with Crippen LogP contribution < -0.4 is 0 Å². The third-order valence-electron chi connectivity index (χ3n) is 7.79. The third kappa shape index (κ3) is 12.5. The Morgan fingerprint density at radius 2 is 1.07 bits per heavy atom. The van der Waals surface area contributed by atoms with Gasteiger partial charge in [-0.05, 0) is 30.4 Å². The van der Waals surface area contributed by atoms with Crippen molar-refractivity contribution in [1.82, 2.24) is 0 Å². The van der Waals surface area contributed by atoms with Crippen molar-refractivity contribution >= 4 is 0 Å². The zero-order valence-electron chi connectivity index (χ0n) is 25.3. The summed E-state index contributed by atoms with van der Waals surface area (Å²) in [7, 11) is 3.19. The lowest BCUT2D eigenvalue weighted by atomic mass is 9.94. The molecule has 0 saturated carbocycles. The van der Waals surface area contributed by atoms with E-state index in [2.05, 4.69) is 0 Å². The van der Waals surface area contributed by atoms with Gasteiger partial charge < -0.3 is 48.1 Å². The van der Waals surface area contributed by atoms with Crippen molar-refractivity contribution in [2.75, 3.05) is 27.8 Å². The second-order valence-corrected chi connectivity index (χ2v) is 11.3. The molecule has 2 unspecified atom stereocenters. The van der Waals surface area contributed by atoms with Gasteiger partial charge in [-0.15, -0.1) is 0 Å². The molecule has 2 heterocycles. The zero-order valence-corrected chi connectivity index (χ0v) is 25.3. The van der Waals surface area contributed by atoms with Crippen molar-refractivity contribution in [3.05, 3.63) is 71.8 Å². The van der Waals surface area contributed by atoms with Crippen molar-refractivity contribution in [3.8, 4) is 0 Å². The minimum Gasteiger partial charge on any atom is -0.393 e. The molecular formula is C33H48O10. The predicted octanol–water partition coefficient (Wildman–Crippen LogP) is 4.30. The Bertz CT molecular complexity index is 916. The summed E-state index contributed by atoms with van der Waals surface area (Å²) in [5.74, 6) is 0. The second kappa shape index (κ2) is 18.8. The van der Waals surface area contributed by atoms with E-state index < -0.39 is 24.8 Å². The summed E-state index contributed by atoms with van der Waals surface area (Å²) in [5.41, 5.74) is 2.17. The van der Waals surface area contributed by atoms with Crippen molar-refractivity contribution in [3.63, 3.8) is 0 Å². The summed E-state index contributed by atoms with van der Waals surface area (Å²) < 4.78 is 46.2. The SMILES string of the molecule is COC1C[C@@H](OCOCc2ccccc2)C[C@@H](C[C@H](O)C[C@H](O)C[C@@H]2C[C@H](OCOCc3ccccc3)CC(OC)O2)O1. The molecular weight excluding hydrogens is 556 g/mol. The molecule has 4 rings (SSSR count). The molecule has 2 aromatic rings. The molecule has 2 N–H and O–H groups in total. The number of benzene rings is 2. The van der Waals surface area contributed by atoms with Crippen molar-refractivity contribution < 1.29 is 48.1 Å². The number of methoxy groups -OCH3 is 2. The van der Waals surface area contributed by atoms with Crippen LogP contribution in [0.3, 0.4) is 0 Å². The summed E-state index contributed by atoms with van der Waals surface area (Å²) in [4.78, 5) is 0. The van der Waals surface area contributed by atoms with Crippen LogP contribution in [0.5, 0.6) is 0 Å². The Hall–Kier alpha value is -1.96. The van der Waals surface area contributed by atoms with Crippen molar-refractivity contribution in [2.45, 2.75) is 107 Å². The lowest BCUT2D eigenvalue weighted by Gasteiger charge is -2.36. The first-order chi connectivity index (χ1) is 21.0. The number of aliphatic hydroxyl groups excluding tert-OH is 2. The molecule has 0 radical (unpaired) electrons. The number of hydrogen-bond donors (Lipinski definition) is 2. The Labute approximate surface area is 255 Å². The summed E-state index contributed by atoms with van der Waals surface area (Å²) in [5, 5.41) is 21.6. The van der Waals surface area contributed by atoms with E-state index in [-0.39, 0.29) is 44.4 Å². The van der Waals surface area contributed by atoms with Crippen LogP contribution in [0.25, 0.3) is 0 Å². The van der Waals surface area contributed by atoms with Crippen LogP contribution >= 0.6 is 0 Å². The maximum atomic E-state index is 10.8. The maximum Gasteiger partial charge on any atom is 0.160 e. The molecule has 2 saturated heterocycles. The highest BCUT2D eigenvalue weighted by Crippen LogP contribution is 2.29. The fourth-order valence-electron chi connectivity index (χ4n) is 5.61. The van der Waals surface area contributed by atoms with E-state index in [0.29, 0.717) is 51.7 Å². The first kappa shape index (κ1) is 33.9. The number of ether oxygens (including phenoxy) is 8. The van der Waals surface area contributed by atoms with Gasteiger partial charge in [-0.25, -0.2) is 0 Å². The molecule has 2 aromatic carbocycles. The summed E-state index contributed by atoms with van der Waals surface area (Å²) in [6.45, 7) is 1.28. The summed E-state index contributed by atoms with van der Waals surface area (Å²) in [6, 6.07) is 19.9. The van der Waals surface area contributed by atoms with Crippen LogP contribution in [-0.2, 0) is 51.1 Å². The van der Waals surface area contributed by atoms with Crippen molar-refractivity contribution in [2.24, 2.45) is 0 Å². The molecule has 240 valence electrons. The van der Waals surface area contributed by atoms with Gasteiger partial charge in [-0.3, -0.25) is 0 Å². The Kier molecular flexibility index (Phi) is 14.8. The van der Waals surface area contributed by atoms with E-state index in [4.69, 9.17) is 37.9 Å². The van der Waals surface area contributed by atoms with Gasteiger partial charge in [-0.1, -0.05) is 60.7 Å². The topological polar surface area (TPSA) is 114 Å². The van der Waals surface area contributed by atoms with Gasteiger partial charge in [0.05, 0.1) is 49.8 Å². The van der Waals surface area contributed by atoms with Crippen LogP contribution in [-0.4, -0.2) is 87.2 Å². The van der Waals surface area contributed by atoms with Gasteiger partial charge in [0.25, 0.3) is 0 Å². The Balaban J connectivity index is 1.15. The fourth-order valence-corrected chi connectivity index (χ4v) is 5.61. The molecule has 2 aliphatic rings. The van der Waals surface area contributed by atoms with E-state index in [9.17, 15) is 10.2 Å². The van der Waals surface area contributed by atoms with Crippen LogP contribution in [0.1, 0.15) is 56.1 Å². The maximum absolute atomic E-state index is 10.8. The molecule has 0 bridgehead atoms. The van der Waals surface area contributed by atoms with Crippen LogP contribution in [0.2, 0.25) is 0 Å². The summed E-state index contributed by atoms with van der Waals surface area (Å²) >= 11 is 0. The van der Waals surface area contributed by atoms with Crippen LogP contribution in [0.4, 0.5) is 0 Å². The molecule has 10 nitrogen and oxygen atoms in total. The average molecular weight is 605 g/mol. The number of hydrogen-bond acceptors (Lipinski definition) is 10. The van der Waals surface area contributed by atoms with E-state index >= 15 is 0 Å². The van der Waals surface area contributed by atoms with Gasteiger partial charge in [0.15, 0.2) is 12.6 Å². The van der Waals surface area contributed by atoms with Gasteiger partial charge >= 0.3 is 0 Å². The molecule has 8 atom stereocenters. The smallest absolute Gasteiger partial charge is 0.160 e. The summed E-state index contributed by atoms with van der Waals surface area (Å²) in [6.07, 6.45) is 0.160. The van der Waals surface area contributed by atoms with Gasteiger partial charge in [0.2, 0.25) is 0 Å². The van der Waals surface area contributed by atoms with Gasteiger partial charge in [0, 0.05) is 39.9 Å². The van der Waals surface area contributed by atoms with Crippen molar-refractivity contribution in [1.29, 1.82) is 0 Å². The highest BCUT2D eigenvalue weighted by molar-refractivity contribution is 5.14. The standard InChI is InChI=1S/C33H48O10/c1-36-32-18-28(40-22-38-20-24-9-5-3-6-10-24)16-30(42-32)14-26(34)13-27(35)15-31-17-29(19-33(37-2)43-31)41-23-39-21-25-11-7-4-8-12-25/h3-12,26-35H,13-23H2,1-2H3/t26-,27+,28-,29-,30+,31+,32?,33?/m0/s1. The van der Waals surface area contributed by atoms with Gasteiger partial charge in [0.1, 0.15) is 13.6 Å². The largest absolute Gasteiger partial charge is 0.393 e. The van der Waals surface area contributed by atoms with E-state index in [0.717, 1.165) is 11.1 Å². The van der Waals surface area contributed by atoms with Gasteiger partial charge in [-0.2, -0.15) is 0 Å².